The third-order valence-corrected chi connectivity index (χ3v) is 6.56. The molecule has 1 heterocycles. The molecule has 3 amide bonds. The van der Waals surface area contributed by atoms with Crippen LogP contribution in [0.4, 0.5) is 4.79 Å². The number of thioether (sulfide) groups is 1. The first-order valence-corrected chi connectivity index (χ1v) is 11.2. The Morgan fingerprint density at radius 1 is 1.15 bits per heavy atom. The number of urea groups is 1. The van der Waals surface area contributed by atoms with Gasteiger partial charge in [-0.3, -0.25) is 15.2 Å². The van der Waals surface area contributed by atoms with Crippen LogP contribution in [0.25, 0.3) is 0 Å². The molecule has 2 aliphatic carbocycles. The maximum Gasteiger partial charge on any atom is 0.321 e. The van der Waals surface area contributed by atoms with Crippen molar-refractivity contribution in [1.82, 2.24) is 25.8 Å². The van der Waals surface area contributed by atoms with Crippen molar-refractivity contribution in [2.24, 2.45) is 5.92 Å². The first-order chi connectivity index (χ1) is 13.1. The standard InChI is InChI=1S/C19H31N5O2S/c1-13(17(25)22-18(26)20-15-9-3-2-4-10-15)27-19-21-16(23-24-19)12-11-14-7-5-6-8-14/h13-15H,2-12H2,1H3,(H,21,23,24)(H2,20,22,25,26). The van der Waals surface area contributed by atoms with E-state index in [0.29, 0.717) is 5.16 Å². The maximum absolute atomic E-state index is 12.2. The van der Waals surface area contributed by atoms with Crippen molar-refractivity contribution in [2.45, 2.75) is 94.0 Å². The Labute approximate surface area is 165 Å². The Hall–Kier alpha value is -1.57. The largest absolute Gasteiger partial charge is 0.335 e. The third-order valence-electron chi connectivity index (χ3n) is 5.60. The minimum Gasteiger partial charge on any atom is -0.335 e. The van der Waals surface area contributed by atoms with E-state index in [4.69, 9.17) is 0 Å². The number of imide groups is 1. The summed E-state index contributed by atoms with van der Waals surface area (Å²) in [6.07, 6.45) is 12.9. The van der Waals surface area contributed by atoms with E-state index in [0.717, 1.165) is 50.3 Å². The molecule has 1 aromatic rings. The van der Waals surface area contributed by atoms with Crippen LogP contribution in [0.3, 0.4) is 0 Å². The van der Waals surface area contributed by atoms with Crippen LogP contribution in [-0.4, -0.2) is 38.4 Å². The molecule has 0 bridgehead atoms. The zero-order chi connectivity index (χ0) is 19.1. The summed E-state index contributed by atoms with van der Waals surface area (Å²) < 4.78 is 0. The molecule has 8 heteroatoms. The van der Waals surface area contributed by atoms with Crippen LogP contribution in [-0.2, 0) is 11.2 Å². The fraction of sp³-hybridized carbons (Fsp3) is 0.789. The van der Waals surface area contributed by atoms with Gasteiger partial charge in [0, 0.05) is 12.5 Å². The second-order valence-electron chi connectivity index (χ2n) is 7.81. The molecule has 3 rings (SSSR count). The summed E-state index contributed by atoms with van der Waals surface area (Å²) in [5.41, 5.74) is 0. The zero-order valence-corrected chi connectivity index (χ0v) is 16.9. The highest BCUT2D eigenvalue weighted by molar-refractivity contribution is 8.00. The van der Waals surface area contributed by atoms with Crippen LogP contribution in [0.1, 0.15) is 77.0 Å². The predicted octanol–water partition coefficient (Wildman–Crippen LogP) is 3.57. The molecule has 1 aromatic heterocycles. The minimum atomic E-state index is -0.430. The first kappa shape index (κ1) is 20.2. The number of carbonyl (C=O) groups is 2. The molecule has 3 N–H and O–H groups in total. The van der Waals surface area contributed by atoms with E-state index in [2.05, 4.69) is 25.8 Å². The smallest absolute Gasteiger partial charge is 0.321 e. The fourth-order valence-electron chi connectivity index (χ4n) is 3.98. The average molecular weight is 394 g/mol. The lowest BCUT2D eigenvalue weighted by atomic mass is 9.96. The highest BCUT2D eigenvalue weighted by Gasteiger charge is 2.22. The van der Waals surface area contributed by atoms with Crippen molar-refractivity contribution in [3.8, 4) is 0 Å². The molecule has 0 aliphatic heterocycles. The molecule has 2 fully saturated rings. The Bertz CT molecular complexity index is 623. The number of hydrogen-bond donors (Lipinski definition) is 3. The lowest BCUT2D eigenvalue weighted by Gasteiger charge is -2.22. The van der Waals surface area contributed by atoms with E-state index < -0.39 is 11.3 Å². The molecule has 0 spiro atoms. The van der Waals surface area contributed by atoms with Gasteiger partial charge in [-0.15, -0.1) is 5.10 Å². The van der Waals surface area contributed by atoms with Crippen molar-refractivity contribution < 1.29 is 9.59 Å². The summed E-state index contributed by atoms with van der Waals surface area (Å²) in [5.74, 6) is 1.39. The highest BCUT2D eigenvalue weighted by Crippen LogP contribution is 2.28. The second kappa shape index (κ2) is 10.1. The molecule has 0 saturated heterocycles. The lowest BCUT2D eigenvalue weighted by molar-refractivity contribution is -0.119. The second-order valence-corrected chi connectivity index (χ2v) is 9.12. The zero-order valence-electron chi connectivity index (χ0n) is 16.1. The number of aryl methyl sites for hydroxylation is 1. The van der Waals surface area contributed by atoms with Gasteiger partial charge >= 0.3 is 6.03 Å². The number of nitrogens with one attached hydrogen (secondary N) is 3. The number of aromatic amines is 1. The molecular formula is C19H31N5O2S. The van der Waals surface area contributed by atoms with Crippen molar-refractivity contribution in [3.05, 3.63) is 5.82 Å². The molecule has 1 atom stereocenters. The van der Waals surface area contributed by atoms with Crippen molar-refractivity contribution in [2.75, 3.05) is 0 Å². The molecule has 0 radical (unpaired) electrons. The summed E-state index contributed by atoms with van der Waals surface area (Å²) >= 11 is 1.27. The number of H-pyrrole nitrogens is 1. The lowest BCUT2D eigenvalue weighted by Crippen LogP contribution is -2.47. The van der Waals surface area contributed by atoms with Crippen molar-refractivity contribution in [3.63, 3.8) is 0 Å². The Kier molecular flexibility index (Phi) is 7.55. The van der Waals surface area contributed by atoms with Gasteiger partial charge in [0.2, 0.25) is 11.1 Å². The number of rotatable bonds is 7. The van der Waals surface area contributed by atoms with Gasteiger partial charge in [0.1, 0.15) is 5.82 Å². The number of hydrogen-bond acceptors (Lipinski definition) is 5. The molecule has 0 aromatic carbocycles. The molecule has 150 valence electrons. The maximum atomic E-state index is 12.2. The van der Waals surface area contributed by atoms with Crippen LogP contribution in [0.2, 0.25) is 0 Å². The topological polar surface area (TPSA) is 99.8 Å². The van der Waals surface area contributed by atoms with E-state index in [1.165, 1.54) is 43.9 Å². The fourth-order valence-corrected chi connectivity index (χ4v) is 4.72. The summed E-state index contributed by atoms with van der Waals surface area (Å²) in [5, 5.41) is 12.6. The summed E-state index contributed by atoms with van der Waals surface area (Å²) in [6, 6.07) is -0.212. The van der Waals surface area contributed by atoms with Crippen LogP contribution >= 0.6 is 11.8 Å². The van der Waals surface area contributed by atoms with Gasteiger partial charge < -0.3 is 5.32 Å². The summed E-state index contributed by atoms with van der Waals surface area (Å²) in [7, 11) is 0. The van der Waals surface area contributed by atoms with Gasteiger partial charge in [-0.05, 0) is 32.1 Å². The van der Waals surface area contributed by atoms with Crippen LogP contribution in [0, 0.1) is 5.92 Å². The van der Waals surface area contributed by atoms with E-state index in [9.17, 15) is 9.59 Å². The summed E-state index contributed by atoms with van der Waals surface area (Å²) in [4.78, 5) is 28.7. The SMILES string of the molecule is CC(Sc1n[nH]c(CCC2CCCC2)n1)C(=O)NC(=O)NC1CCCCC1. The monoisotopic (exact) mass is 393 g/mol. The Morgan fingerprint density at radius 2 is 1.85 bits per heavy atom. The van der Waals surface area contributed by atoms with Gasteiger partial charge in [-0.2, -0.15) is 0 Å². The highest BCUT2D eigenvalue weighted by atomic mass is 32.2. The Balaban J connectivity index is 1.38. The predicted molar refractivity (Wildman–Crippen MR) is 106 cm³/mol. The van der Waals surface area contributed by atoms with E-state index in [-0.39, 0.29) is 11.9 Å². The van der Waals surface area contributed by atoms with Gasteiger partial charge in [0.15, 0.2) is 0 Å². The molecule has 7 nitrogen and oxygen atoms in total. The van der Waals surface area contributed by atoms with E-state index in [1.807, 2.05) is 0 Å². The van der Waals surface area contributed by atoms with E-state index >= 15 is 0 Å². The van der Waals surface area contributed by atoms with Crippen molar-refractivity contribution >= 4 is 23.7 Å². The molecular weight excluding hydrogens is 362 g/mol. The van der Waals surface area contributed by atoms with Crippen LogP contribution < -0.4 is 10.6 Å². The first-order valence-electron chi connectivity index (χ1n) is 10.3. The van der Waals surface area contributed by atoms with Gasteiger partial charge in [-0.25, -0.2) is 9.78 Å². The quantitative estimate of drug-likeness (QED) is 0.615. The number of amides is 3. The summed E-state index contributed by atoms with van der Waals surface area (Å²) in [6.45, 7) is 1.77. The third kappa shape index (κ3) is 6.52. The van der Waals surface area contributed by atoms with Crippen LogP contribution in [0.5, 0.6) is 0 Å². The van der Waals surface area contributed by atoms with Crippen molar-refractivity contribution in [1.29, 1.82) is 0 Å². The molecule has 1 unspecified atom stereocenters. The molecule has 2 saturated carbocycles. The number of nitrogens with zero attached hydrogens (tertiary/aromatic N) is 2. The van der Waals surface area contributed by atoms with Gasteiger partial charge in [0.25, 0.3) is 0 Å². The van der Waals surface area contributed by atoms with Crippen LogP contribution in [0.15, 0.2) is 5.16 Å². The minimum absolute atomic E-state index is 0.185. The van der Waals surface area contributed by atoms with Gasteiger partial charge in [0.05, 0.1) is 5.25 Å². The normalized spacial score (nSPS) is 19.7. The van der Waals surface area contributed by atoms with E-state index in [1.54, 1.807) is 6.92 Å². The molecule has 27 heavy (non-hydrogen) atoms. The van der Waals surface area contributed by atoms with Gasteiger partial charge in [-0.1, -0.05) is 56.7 Å². The Morgan fingerprint density at radius 3 is 2.59 bits per heavy atom. The number of aromatic nitrogens is 3. The average Bonchev–Trinajstić information content (AvgIpc) is 3.32. The molecule has 2 aliphatic rings. The number of carbonyl (C=O) groups excluding carboxylic acids is 2.